The quantitative estimate of drug-likeness (QED) is 0.155. The molecule has 4 rings (SSSR count). The molecule has 11 heteroatoms. The lowest BCUT2D eigenvalue weighted by molar-refractivity contribution is -0.138. The molecule has 1 fully saturated rings. The Morgan fingerprint density at radius 3 is 2.02 bits per heavy atom. The fourth-order valence-electron chi connectivity index (χ4n) is 6.35. The molecule has 3 aromatic heterocycles. The van der Waals surface area contributed by atoms with E-state index in [1.165, 1.54) is 0 Å². The number of carbonyl (C=O) groups excluding carboxylic acids is 1. The number of aliphatic hydroxyl groups is 1. The van der Waals surface area contributed by atoms with E-state index in [2.05, 4.69) is 20.3 Å². The maximum Gasteiger partial charge on any atom is 0.303 e. The van der Waals surface area contributed by atoms with Crippen molar-refractivity contribution in [2.45, 2.75) is 79.6 Å². The third-order valence-corrected chi connectivity index (χ3v) is 8.89. The van der Waals surface area contributed by atoms with Crippen LogP contribution in [-0.4, -0.2) is 53.2 Å². The zero-order valence-corrected chi connectivity index (χ0v) is 25.9. The molecule has 1 aliphatic rings. The second-order valence-corrected chi connectivity index (χ2v) is 11.5. The minimum atomic E-state index is -0.977. The molecule has 0 aromatic carbocycles. The van der Waals surface area contributed by atoms with Gasteiger partial charge in [0.2, 0.25) is 5.91 Å². The molecule has 1 aliphatic heterocycles. The number of hydrogen-bond donors (Lipinski definition) is 8. The van der Waals surface area contributed by atoms with Crippen LogP contribution >= 0.6 is 0 Å². The smallest absolute Gasteiger partial charge is 0.303 e. The Morgan fingerprint density at radius 2 is 1.45 bits per heavy atom. The summed E-state index contributed by atoms with van der Waals surface area (Å²) in [6.45, 7) is 9.69. The Hall–Kier alpha value is -4.67. The zero-order valence-electron chi connectivity index (χ0n) is 25.9. The van der Waals surface area contributed by atoms with Crippen LogP contribution in [0.4, 0.5) is 0 Å². The number of aromatic hydroxyl groups is 1. The first kappa shape index (κ1) is 32.2. The summed E-state index contributed by atoms with van der Waals surface area (Å²) >= 11 is 0. The molecule has 0 radical (unpaired) electrons. The highest BCUT2D eigenvalue weighted by Gasteiger charge is 2.34. The van der Waals surface area contributed by atoms with Crippen molar-refractivity contribution in [3.63, 3.8) is 0 Å². The summed E-state index contributed by atoms with van der Waals surface area (Å²) in [6.07, 6.45) is 6.57. The molecule has 0 aliphatic carbocycles. The van der Waals surface area contributed by atoms with Crippen molar-refractivity contribution in [1.29, 1.82) is 0 Å². The first-order valence-corrected chi connectivity index (χ1v) is 15.0. The first-order chi connectivity index (χ1) is 20.9. The van der Waals surface area contributed by atoms with Crippen LogP contribution in [0.25, 0.3) is 18.4 Å². The number of rotatable bonds is 12. The summed E-state index contributed by atoms with van der Waals surface area (Å²) in [5.74, 6) is -1.95. The van der Waals surface area contributed by atoms with E-state index in [0.29, 0.717) is 33.9 Å². The van der Waals surface area contributed by atoms with E-state index in [1.54, 1.807) is 6.08 Å². The molecule has 1 saturated heterocycles. The van der Waals surface area contributed by atoms with Gasteiger partial charge in [0.05, 0.1) is 11.6 Å². The molecular weight excluding hydrogens is 564 g/mol. The molecule has 0 unspecified atom stereocenters. The molecule has 44 heavy (non-hydrogen) atoms. The van der Waals surface area contributed by atoms with E-state index in [-0.39, 0.29) is 55.7 Å². The van der Waals surface area contributed by atoms with Crippen molar-refractivity contribution in [2.75, 3.05) is 0 Å². The standard InChI is InChI=1S/C33H42N4O7/c1-6-19-18(5)32(43)37-26(19)12-24-17(4)21(8-10-30(39)40)27(34-24)14-28-22(9-11-31(41)42)23(15-38)29(35-28)13-25-16(3)20(7-2)33(44)36-25/h12-13,15,18-19,34-36,38,44H,6-11,14H2,1-5H3,(H,37,43)(H,39,40)(H,41,42)/b23-15-,26-12-,29-13+/t18-,19-/m1/s1. The highest BCUT2D eigenvalue weighted by Crippen LogP contribution is 2.32. The van der Waals surface area contributed by atoms with E-state index in [4.69, 9.17) is 0 Å². The van der Waals surface area contributed by atoms with Crippen molar-refractivity contribution in [1.82, 2.24) is 20.3 Å². The highest BCUT2D eigenvalue weighted by molar-refractivity contribution is 5.86. The summed E-state index contributed by atoms with van der Waals surface area (Å²) < 4.78 is 0. The maximum atomic E-state index is 12.4. The van der Waals surface area contributed by atoms with Crippen LogP contribution in [-0.2, 0) is 40.1 Å². The average molecular weight is 607 g/mol. The fourth-order valence-corrected chi connectivity index (χ4v) is 6.35. The SMILES string of the molecule is CCc1c(O)[nH]c(/C=c2/[nH]c(Cc3[nH]c(/C=C4\NC(=O)[C@H](C)[C@H]4CC)c(C)c3CCC(=O)O)c(CCC(=O)O)/c2=C/O)c1C. The molecule has 3 aromatic rings. The molecule has 1 amide bonds. The Bertz CT molecular complexity index is 1740. The number of aromatic nitrogens is 3. The number of H-pyrrole nitrogens is 3. The van der Waals surface area contributed by atoms with Gasteiger partial charge in [0.15, 0.2) is 5.88 Å². The number of carboxylic acids is 2. The lowest BCUT2D eigenvalue weighted by Crippen LogP contribution is -2.25. The van der Waals surface area contributed by atoms with Gasteiger partial charge < -0.3 is 40.7 Å². The van der Waals surface area contributed by atoms with Crippen molar-refractivity contribution in [2.24, 2.45) is 11.8 Å². The molecule has 0 saturated carbocycles. The fraction of sp³-hybridized carbons (Fsp3) is 0.424. The summed E-state index contributed by atoms with van der Waals surface area (Å²) in [7, 11) is 0. The highest BCUT2D eigenvalue weighted by atomic mass is 16.4. The normalized spacial score (nSPS) is 18.5. The van der Waals surface area contributed by atoms with Crippen LogP contribution in [0.15, 0.2) is 5.70 Å². The van der Waals surface area contributed by atoms with Gasteiger partial charge in [0.25, 0.3) is 0 Å². The van der Waals surface area contributed by atoms with Crippen LogP contribution in [0.5, 0.6) is 5.88 Å². The van der Waals surface area contributed by atoms with Gasteiger partial charge in [-0.05, 0) is 73.9 Å². The maximum absolute atomic E-state index is 12.4. The summed E-state index contributed by atoms with van der Waals surface area (Å²) in [5, 5.41) is 43.5. The largest absolute Gasteiger partial charge is 0.515 e. The number of nitrogens with one attached hydrogen (secondary N) is 4. The van der Waals surface area contributed by atoms with Crippen LogP contribution in [0.2, 0.25) is 0 Å². The van der Waals surface area contributed by atoms with E-state index in [1.807, 2.05) is 40.7 Å². The number of amides is 1. The van der Waals surface area contributed by atoms with Gasteiger partial charge >= 0.3 is 11.9 Å². The first-order valence-electron chi connectivity index (χ1n) is 15.0. The Morgan fingerprint density at radius 1 is 0.864 bits per heavy atom. The number of hydrogen-bond acceptors (Lipinski definition) is 5. The van der Waals surface area contributed by atoms with Crippen LogP contribution in [0, 0.1) is 25.7 Å². The lowest BCUT2D eigenvalue weighted by atomic mass is 9.92. The predicted molar refractivity (Wildman–Crippen MR) is 167 cm³/mol. The molecular formula is C33H42N4O7. The summed E-state index contributed by atoms with van der Waals surface area (Å²) in [5.41, 5.74) is 7.67. The van der Waals surface area contributed by atoms with Gasteiger partial charge in [-0.15, -0.1) is 0 Å². The minimum absolute atomic E-state index is 0.0265. The third kappa shape index (κ3) is 6.46. The lowest BCUT2D eigenvalue weighted by Gasteiger charge is -2.11. The molecule has 2 atom stereocenters. The van der Waals surface area contributed by atoms with Crippen LogP contribution < -0.4 is 15.9 Å². The molecule has 4 heterocycles. The Balaban J connectivity index is 1.86. The number of carboxylic acid groups (broad SMARTS) is 2. The van der Waals surface area contributed by atoms with Gasteiger partial charge in [0.1, 0.15) is 0 Å². The van der Waals surface area contributed by atoms with Crippen molar-refractivity contribution in [3.8, 4) is 5.88 Å². The van der Waals surface area contributed by atoms with E-state index >= 15 is 0 Å². The van der Waals surface area contributed by atoms with Crippen molar-refractivity contribution >= 4 is 36.3 Å². The van der Waals surface area contributed by atoms with Crippen molar-refractivity contribution < 1.29 is 34.8 Å². The number of aromatic amines is 3. The van der Waals surface area contributed by atoms with Gasteiger partial charge in [-0.1, -0.05) is 20.8 Å². The molecule has 0 bridgehead atoms. The van der Waals surface area contributed by atoms with Crippen molar-refractivity contribution in [3.05, 3.63) is 66.9 Å². The number of allylic oxidation sites excluding steroid dienone is 1. The molecule has 11 nitrogen and oxygen atoms in total. The monoisotopic (exact) mass is 606 g/mol. The number of carbonyl (C=O) groups is 3. The van der Waals surface area contributed by atoms with Crippen LogP contribution in [0.3, 0.4) is 0 Å². The van der Waals surface area contributed by atoms with Gasteiger partial charge in [-0.2, -0.15) is 0 Å². The van der Waals surface area contributed by atoms with E-state index < -0.39 is 11.9 Å². The van der Waals surface area contributed by atoms with Gasteiger partial charge in [-0.3, -0.25) is 14.4 Å². The summed E-state index contributed by atoms with van der Waals surface area (Å²) in [6, 6.07) is 0. The summed E-state index contributed by atoms with van der Waals surface area (Å²) in [4.78, 5) is 45.3. The Labute approximate surface area is 255 Å². The minimum Gasteiger partial charge on any atom is -0.515 e. The molecule has 8 N–H and O–H groups in total. The predicted octanol–water partition coefficient (Wildman–Crippen LogP) is 3.44. The second kappa shape index (κ2) is 13.3. The van der Waals surface area contributed by atoms with Gasteiger partial charge in [0, 0.05) is 70.4 Å². The van der Waals surface area contributed by atoms with Crippen LogP contribution in [0.1, 0.15) is 90.6 Å². The van der Waals surface area contributed by atoms with E-state index in [0.717, 1.165) is 52.0 Å². The number of aliphatic carboxylic acids is 2. The zero-order chi connectivity index (χ0) is 32.3. The topological polar surface area (TPSA) is 192 Å². The van der Waals surface area contributed by atoms with E-state index in [9.17, 15) is 34.8 Å². The Kier molecular flexibility index (Phi) is 9.76. The third-order valence-electron chi connectivity index (χ3n) is 8.89. The molecule has 236 valence electrons. The second-order valence-electron chi connectivity index (χ2n) is 11.5. The number of aliphatic hydroxyl groups excluding tert-OH is 1. The molecule has 0 spiro atoms. The van der Waals surface area contributed by atoms with Gasteiger partial charge in [-0.25, -0.2) is 0 Å². The average Bonchev–Trinajstić information content (AvgIpc) is 3.63.